The molecule has 168 valence electrons. The molecule has 0 saturated heterocycles. The third-order valence-electron chi connectivity index (χ3n) is 5.39. The van der Waals surface area contributed by atoms with Crippen molar-refractivity contribution in [2.24, 2.45) is 0 Å². The third-order valence-corrected chi connectivity index (χ3v) is 6.91. The first kappa shape index (κ1) is 23.5. The zero-order valence-corrected chi connectivity index (χ0v) is 20.0. The third kappa shape index (κ3) is 5.56. The molecule has 0 saturated carbocycles. The zero-order valence-electron chi connectivity index (χ0n) is 19.1. The summed E-state index contributed by atoms with van der Waals surface area (Å²) in [6.45, 7) is 10.1. The smallest absolute Gasteiger partial charge is 0.262 e. The maximum absolute atomic E-state index is 12.9. The molecule has 0 fully saturated rings. The van der Waals surface area contributed by atoms with E-state index >= 15 is 0 Å². The number of sulfonamides is 1. The van der Waals surface area contributed by atoms with Gasteiger partial charge in [0, 0.05) is 11.3 Å². The number of anilines is 1. The van der Waals surface area contributed by atoms with E-state index in [2.05, 4.69) is 42.9 Å². The summed E-state index contributed by atoms with van der Waals surface area (Å²) in [6, 6.07) is 21.3. The lowest BCUT2D eigenvalue weighted by atomic mass is 9.86. The van der Waals surface area contributed by atoms with Gasteiger partial charge in [-0.05, 0) is 60.2 Å². The molecule has 0 aliphatic heterocycles. The highest BCUT2D eigenvalue weighted by Crippen LogP contribution is 2.25. The summed E-state index contributed by atoms with van der Waals surface area (Å²) < 4.78 is 28.4. The first-order valence-electron chi connectivity index (χ1n) is 10.6. The van der Waals surface area contributed by atoms with E-state index in [-0.39, 0.29) is 22.3 Å². The second-order valence-corrected chi connectivity index (χ2v) is 10.7. The standard InChI is InChI=1S/C26H30N2O3S/c1-18-11-12-21(17-24(18)32(30,31)28-23-9-7-6-8-10-23)25(29)27-19(2)20-13-15-22(16-14-20)26(3,4)5/h6-17,19,28H,1-5H3,(H,27,29). The molecule has 0 aliphatic rings. The molecule has 3 aromatic rings. The minimum absolute atomic E-state index is 0.0581. The molecular formula is C26H30N2O3S. The highest BCUT2D eigenvalue weighted by atomic mass is 32.2. The Morgan fingerprint density at radius 1 is 0.906 bits per heavy atom. The van der Waals surface area contributed by atoms with Gasteiger partial charge in [-0.25, -0.2) is 8.42 Å². The van der Waals surface area contributed by atoms with E-state index in [1.807, 2.05) is 25.1 Å². The summed E-state index contributed by atoms with van der Waals surface area (Å²) in [5.41, 5.74) is 3.59. The first-order chi connectivity index (χ1) is 15.0. The fourth-order valence-electron chi connectivity index (χ4n) is 3.38. The van der Waals surface area contributed by atoms with Crippen molar-refractivity contribution in [1.29, 1.82) is 0 Å². The van der Waals surface area contributed by atoms with Crippen LogP contribution in [-0.2, 0) is 15.4 Å². The molecule has 0 spiro atoms. The van der Waals surface area contributed by atoms with Crippen LogP contribution in [0.4, 0.5) is 5.69 Å². The normalized spacial score (nSPS) is 12.8. The molecule has 0 heterocycles. The molecule has 1 amide bonds. The summed E-state index contributed by atoms with van der Waals surface area (Å²) in [7, 11) is -3.83. The number of carbonyl (C=O) groups is 1. The molecular weight excluding hydrogens is 420 g/mol. The molecule has 0 aromatic heterocycles. The molecule has 0 bridgehead atoms. The van der Waals surface area contributed by atoms with E-state index in [0.29, 0.717) is 16.8 Å². The summed E-state index contributed by atoms with van der Waals surface area (Å²) in [6.07, 6.45) is 0. The van der Waals surface area contributed by atoms with Crippen molar-refractivity contribution in [3.63, 3.8) is 0 Å². The largest absolute Gasteiger partial charge is 0.346 e. The topological polar surface area (TPSA) is 75.3 Å². The van der Waals surface area contributed by atoms with Gasteiger partial charge in [-0.15, -0.1) is 0 Å². The molecule has 3 rings (SSSR count). The molecule has 0 aliphatic carbocycles. The molecule has 32 heavy (non-hydrogen) atoms. The molecule has 6 heteroatoms. The van der Waals surface area contributed by atoms with Crippen LogP contribution < -0.4 is 10.0 Å². The van der Waals surface area contributed by atoms with Crippen LogP contribution in [0.1, 0.15) is 60.8 Å². The summed E-state index contributed by atoms with van der Waals surface area (Å²) in [4.78, 5) is 13.0. The van der Waals surface area contributed by atoms with Gasteiger partial charge in [-0.2, -0.15) is 0 Å². The fraction of sp³-hybridized carbons (Fsp3) is 0.269. The van der Waals surface area contributed by atoms with Crippen molar-refractivity contribution in [1.82, 2.24) is 5.32 Å². The van der Waals surface area contributed by atoms with Gasteiger partial charge in [0.25, 0.3) is 15.9 Å². The van der Waals surface area contributed by atoms with Crippen molar-refractivity contribution in [3.05, 3.63) is 95.1 Å². The SMILES string of the molecule is Cc1ccc(C(=O)NC(C)c2ccc(C(C)(C)C)cc2)cc1S(=O)(=O)Nc1ccccc1. The number of hydrogen-bond acceptors (Lipinski definition) is 3. The van der Waals surface area contributed by atoms with Crippen molar-refractivity contribution in [2.75, 3.05) is 4.72 Å². The van der Waals surface area contributed by atoms with Gasteiger partial charge >= 0.3 is 0 Å². The first-order valence-corrected chi connectivity index (χ1v) is 12.1. The van der Waals surface area contributed by atoms with Crippen LogP contribution in [0.2, 0.25) is 0 Å². The zero-order chi connectivity index (χ0) is 23.5. The fourth-order valence-corrected chi connectivity index (χ4v) is 4.71. The number of aryl methyl sites for hydroxylation is 1. The maximum Gasteiger partial charge on any atom is 0.262 e. The molecule has 2 N–H and O–H groups in total. The molecule has 5 nitrogen and oxygen atoms in total. The van der Waals surface area contributed by atoms with E-state index in [9.17, 15) is 13.2 Å². The van der Waals surface area contributed by atoms with Crippen LogP contribution in [0, 0.1) is 6.92 Å². The lowest BCUT2D eigenvalue weighted by Crippen LogP contribution is -2.27. The predicted molar refractivity (Wildman–Crippen MR) is 129 cm³/mol. The van der Waals surface area contributed by atoms with Crippen LogP contribution in [0.3, 0.4) is 0 Å². The van der Waals surface area contributed by atoms with Gasteiger partial charge in [-0.3, -0.25) is 9.52 Å². The Morgan fingerprint density at radius 2 is 1.53 bits per heavy atom. The van der Waals surface area contributed by atoms with Gasteiger partial charge in [-0.1, -0.05) is 69.3 Å². The number of benzene rings is 3. The van der Waals surface area contributed by atoms with Gasteiger partial charge in [0.1, 0.15) is 0 Å². The Bertz CT molecular complexity index is 1200. The van der Waals surface area contributed by atoms with E-state index in [1.54, 1.807) is 43.3 Å². The minimum atomic E-state index is -3.83. The Balaban J connectivity index is 1.79. The number of hydrogen-bond donors (Lipinski definition) is 2. The molecule has 1 unspecified atom stereocenters. The van der Waals surface area contributed by atoms with Crippen molar-refractivity contribution < 1.29 is 13.2 Å². The van der Waals surface area contributed by atoms with Gasteiger partial charge < -0.3 is 5.32 Å². The van der Waals surface area contributed by atoms with Gasteiger partial charge in [0.05, 0.1) is 10.9 Å². The number of carbonyl (C=O) groups excluding carboxylic acids is 1. The second kappa shape index (κ2) is 9.17. The van der Waals surface area contributed by atoms with E-state index in [0.717, 1.165) is 5.56 Å². The molecule has 0 radical (unpaired) electrons. The van der Waals surface area contributed by atoms with Crippen LogP contribution in [0.25, 0.3) is 0 Å². The van der Waals surface area contributed by atoms with Gasteiger partial charge in [0.2, 0.25) is 0 Å². The number of para-hydroxylation sites is 1. The monoisotopic (exact) mass is 450 g/mol. The summed E-state index contributed by atoms with van der Waals surface area (Å²) in [5.74, 6) is -0.325. The van der Waals surface area contributed by atoms with E-state index < -0.39 is 10.0 Å². The predicted octanol–water partition coefficient (Wildman–Crippen LogP) is 5.58. The maximum atomic E-state index is 12.9. The minimum Gasteiger partial charge on any atom is -0.346 e. The van der Waals surface area contributed by atoms with Crippen LogP contribution in [0.15, 0.2) is 77.7 Å². The Kier molecular flexibility index (Phi) is 6.74. The Morgan fingerprint density at radius 3 is 2.12 bits per heavy atom. The Hall–Kier alpha value is -3.12. The van der Waals surface area contributed by atoms with Crippen molar-refractivity contribution in [3.8, 4) is 0 Å². The lowest BCUT2D eigenvalue weighted by molar-refractivity contribution is 0.0939. The number of rotatable bonds is 6. The second-order valence-electron chi connectivity index (χ2n) is 9.02. The summed E-state index contributed by atoms with van der Waals surface area (Å²) >= 11 is 0. The lowest BCUT2D eigenvalue weighted by Gasteiger charge is -2.21. The summed E-state index contributed by atoms with van der Waals surface area (Å²) in [5, 5.41) is 2.96. The quantitative estimate of drug-likeness (QED) is 0.514. The van der Waals surface area contributed by atoms with Crippen molar-refractivity contribution >= 4 is 21.6 Å². The van der Waals surface area contributed by atoms with E-state index in [4.69, 9.17) is 0 Å². The van der Waals surface area contributed by atoms with Crippen LogP contribution in [0.5, 0.6) is 0 Å². The average molecular weight is 451 g/mol. The number of amides is 1. The number of nitrogens with one attached hydrogen (secondary N) is 2. The highest BCUT2D eigenvalue weighted by Gasteiger charge is 2.20. The molecule has 3 aromatic carbocycles. The van der Waals surface area contributed by atoms with E-state index in [1.165, 1.54) is 11.6 Å². The highest BCUT2D eigenvalue weighted by molar-refractivity contribution is 7.92. The van der Waals surface area contributed by atoms with Crippen molar-refractivity contribution in [2.45, 2.75) is 51.0 Å². The van der Waals surface area contributed by atoms with Gasteiger partial charge in [0.15, 0.2) is 0 Å². The molecule has 1 atom stereocenters. The Labute approximate surface area is 190 Å². The van der Waals surface area contributed by atoms with Crippen LogP contribution in [-0.4, -0.2) is 14.3 Å². The average Bonchev–Trinajstić information content (AvgIpc) is 2.73. The van der Waals surface area contributed by atoms with Crippen LogP contribution >= 0.6 is 0 Å².